The smallest absolute Gasteiger partial charge is 0.164 e. The van der Waals surface area contributed by atoms with E-state index in [2.05, 4.69) is 38.5 Å². The fourth-order valence-corrected chi connectivity index (χ4v) is 2.35. The van der Waals surface area contributed by atoms with Crippen molar-refractivity contribution in [1.29, 1.82) is 0 Å². The Morgan fingerprint density at radius 3 is 1.93 bits per heavy atom. The van der Waals surface area contributed by atoms with Crippen molar-refractivity contribution in [3.8, 4) is 12.3 Å². The predicted octanol–water partition coefficient (Wildman–Crippen LogP) is 2.48. The van der Waals surface area contributed by atoms with Crippen molar-refractivity contribution in [2.75, 3.05) is 13.1 Å². The summed E-state index contributed by atoms with van der Waals surface area (Å²) in [6, 6.07) is 0. The highest BCUT2D eigenvalue weighted by Crippen LogP contribution is 2.26. The van der Waals surface area contributed by atoms with Gasteiger partial charge in [-0.15, -0.1) is 6.42 Å². The summed E-state index contributed by atoms with van der Waals surface area (Å²) in [6.07, 6.45) is 7.16. The van der Waals surface area contributed by atoms with E-state index in [0.29, 0.717) is 0 Å². The van der Waals surface area contributed by atoms with Crippen LogP contribution in [0.4, 0.5) is 0 Å². The van der Waals surface area contributed by atoms with E-state index in [1.807, 2.05) is 0 Å². The van der Waals surface area contributed by atoms with Crippen LogP contribution in [0.2, 0.25) is 0 Å². The lowest BCUT2D eigenvalue weighted by atomic mass is 9.84. The van der Waals surface area contributed by atoms with Crippen molar-refractivity contribution in [1.82, 2.24) is 4.90 Å². The molecule has 0 aromatic heterocycles. The van der Waals surface area contributed by atoms with Gasteiger partial charge in [0.2, 0.25) is 0 Å². The molecule has 0 saturated carbocycles. The van der Waals surface area contributed by atoms with Crippen LogP contribution in [0, 0.1) is 12.3 Å². The fourth-order valence-electron chi connectivity index (χ4n) is 2.35. The second-order valence-corrected chi connectivity index (χ2v) is 3.72. The van der Waals surface area contributed by atoms with Crippen LogP contribution in [0.3, 0.4) is 0 Å². The molecule has 0 aliphatic carbocycles. The van der Waals surface area contributed by atoms with Crippen molar-refractivity contribution >= 4 is 5.78 Å². The molecule has 0 radical (unpaired) electrons. The minimum Gasteiger partial charge on any atom is -0.297 e. The molecule has 0 N–H and O–H groups in total. The largest absolute Gasteiger partial charge is 0.297 e. The van der Waals surface area contributed by atoms with Crippen molar-refractivity contribution in [2.45, 2.75) is 52.5 Å². The Bertz CT molecular complexity index is 231. The van der Waals surface area contributed by atoms with Gasteiger partial charge >= 0.3 is 0 Å². The van der Waals surface area contributed by atoms with E-state index < -0.39 is 0 Å². The lowest BCUT2D eigenvalue weighted by molar-refractivity contribution is -0.130. The normalized spacial score (nSPS) is 11.5. The molecule has 2 heteroatoms. The summed E-state index contributed by atoms with van der Waals surface area (Å²) in [4.78, 5) is 14.3. The van der Waals surface area contributed by atoms with E-state index in [1.54, 1.807) is 0 Å². The monoisotopic (exact) mass is 209 g/mol. The van der Waals surface area contributed by atoms with Crippen LogP contribution in [-0.4, -0.2) is 29.3 Å². The molecule has 86 valence electrons. The molecule has 0 amide bonds. The summed E-state index contributed by atoms with van der Waals surface area (Å²) in [5, 5.41) is 0. The van der Waals surface area contributed by atoms with Gasteiger partial charge in [-0.1, -0.05) is 33.6 Å². The maximum Gasteiger partial charge on any atom is 0.164 e. The van der Waals surface area contributed by atoms with E-state index in [1.165, 1.54) is 0 Å². The predicted molar refractivity (Wildman–Crippen MR) is 64.7 cm³/mol. The van der Waals surface area contributed by atoms with Gasteiger partial charge in [0.05, 0.1) is 12.0 Å². The molecule has 0 unspecified atom stereocenters. The SMILES string of the molecule is C#CCC(=O)C(CC)(CC)N(CC)CC. The molecule has 2 nitrogen and oxygen atoms in total. The molecular weight excluding hydrogens is 186 g/mol. The molecule has 0 heterocycles. The van der Waals surface area contributed by atoms with E-state index in [9.17, 15) is 4.79 Å². The van der Waals surface area contributed by atoms with Crippen molar-refractivity contribution in [3.63, 3.8) is 0 Å². The van der Waals surface area contributed by atoms with Gasteiger partial charge in [-0.2, -0.15) is 0 Å². The van der Waals surface area contributed by atoms with Crippen LogP contribution in [0.25, 0.3) is 0 Å². The molecule has 0 fully saturated rings. The molecule has 0 aromatic rings. The van der Waals surface area contributed by atoms with Crippen molar-refractivity contribution < 1.29 is 4.79 Å². The van der Waals surface area contributed by atoms with Crippen LogP contribution < -0.4 is 0 Å². The third-order valence-corrected chi connectivity index (χ3v) is 3.32. The summed E-state index contributed by atoms with van der Waals surface area (Å²) < 4.78 is 0. The average molecular weight is 209 g/mol. The zero-order chi connectivity index (χ0) is 11.9. The molecule has 0 rings (SSSR count). The molecular formula is C13H23NO. The quantitative estimate of drug-likeness (QED) is 0.600. The number of carbonyl (C=O) groups is 1. The molecule has 0 saturated heterocycles. The number of hydrogen-bond donors (Lipinski definition) is 0. The highest BCUT2D eigenvalue weighted by Gasteiger charge is 2.38. The third kappa shape index (κ3) is 2.82. The summed E-state index contributed by atoms with van der Waals surface area (Å²) in [5.74, 6) is 2.66. The van der Waals surface area contributed by atoms with E-state index in [0.717, 1.165) is 25.9 Å². The van der Waals surface area contributed by atoms with Crippen molar-refractivity contribution in [2.24, 2.45) is 0 Å². The number of ketones is 1. The highest BCUT2D eigenvalue weighted by atomic mass is 16.1. The van der Waals surface area contributed by atoms with Gasteiger partial charge in [-0.25, -0.2) is 0 Å². The van der Waals surface area contributed by atoms with Gasteiger partial charge in [-0.05, 0) is 25.9 Å². The molecule has 0 bridgehead atoms. The minimum absolute atomic E-state index is 0.193. The van der Waals surface area contributed by atoms with Crippen molar-refractivity contribution in [3.05, 3.63) is 0 Å². The number of hydrogen-bond acceptors (Lipinski definition) is 2. The average Bonchev–Trinajstić information content (AvgIpc) is 2.26. The Morgan fingerprint density at radius 2 is 1.67 bits per heavy atom. The minimum atomic E-state index is -0.337. The number of terminal acetylenes is 1. The molecule has 0 aliphatic heterocycles. The van der Waals surface area contributed by atoms with Crippen LogP contribution in [0.5, 0.6) is 0 Å². The molecule has 0 aromatic carbocycles. The molecule has 0 aliphatic rings. The second-order valence-electron chi connectivity index (χ2n) is 3.72. The number of rotatable bonds is 7. The summed E-state index contributed by atoms with van der Waals surface area (Å²) in [6.45, 7) is 10.1. The van der Waals surface area contributed by atoms with E-state index in [4.69, 9.17) is 6.42 Å². The van der Waals surface area contributed by atoms with Gasteiger partial charge in [0.15, 0.2) is 5.78 Å². The first-order valence-corrected chi connectivity index (χ1v) is 5.84. The molecule has 0 atom stereocenters. The Kier molecular flexibility index (Phi) is 6.27. The number of likely N-dealkylation sites (N-methyl/N-ethyl adjacent to an activating group) is 1. The van der Waals surface area contributed by atoms with Crippen LogP contribution in [0.15, 0.2) is 0 Å². The van der Waals surface area contributed by atoms with Gasteiger partial charge in [0.1, 0.15) is 0 Å². The van der Waals surface area contributed by atoms with Crippen LogP contribution in [-0.2, 0) is 4.79 Å². The first-order valence-electron chi connectivity index (χ1n) is 5.84. The zero-order valence-corrected chi connectivity index (χ0v) is 10.5. The number of carbonyl (C=O) groups excluding carboxylic acids is 1. The van der Waals surface area contributed by atoms with Gasteiger partial charge in [0.25, 0.3) is 0 Å². The molecule has 15 heavy (non-hydrogen) atoms. The Balaban J connectivity index is 5.02. The Morgan fingerprint density at radius 1 is 1.20 bits per heavy atom. The standard InChI is InChI=1S/C13H23NO/c1-6-11-12(15)13(7-2,8-3)14(9-4)10-5/h1H,7-11H2,2-5H3. The lowest BCUT2D eigenvalue weighted by Crippen LogP contribution is -2.53. The van der Waals surface area contributed by atoms with Crippen LogP contribution >= 0.6 is 0 Å². The fraction of sp³-hybridized carbons (Fsp3) is 0.769. The van der Waals surface area contributed by atoms with E-state index in [-0.39, 0.29) is 17.7 Å². The van der Waals surface area contributed by atoms with Crippen LogP contribution in [0.1, 0.15) is 47.0 Å². The summed E-state index contributed by atoms with van der Waals surface area (Å²) >= 11 is 0. The van der Waals surface area contributed by atoms with E-state index >= 15 is 0 Å². The maximum atomic E-state index is 12.1. The number of Topliss-reactive ketones (excluding diaryl/α,β-unsaturated/α-hetero) is 1. The maximum absolute atomic E-state index is 12.1. The first-order chi connectivity index (χ1) is 7.12. The Labute approximate surface area is 94.0 Å². The zero-order valence-electron chi connectivity index (χ0n) is 10.5. The lowest BCUT2D eigenvalue weighted by Gasteiger charge is -2.40. The highest BCUT2D eigenvalue weighted by molar-refractivity contribution is 5.90. The molecule has 0 spiro atoms. The first kappa shape index (κ1) is 14.2. The van der Waals surface area contributed by atoms with Gasteiger partial charge in [0, 0.05) is 0 Å². The van der Waals surface area contributed by atoms with Gasteiger partial charge < -0.3 is 0 Å². The topological polar surface area (TPSA) is 20.3 Å². The summed E-state index contributed by atoms with van der Waals surface area (Å²) in [7, 11) is 0. The second kappa shape index (κ2) is 6.63. The third-order valence-electron chi connectivity index (χ3n) is 3.32. The Hall–Kier alpha value is -0.810. The number of nitrogens with zero attached hydrogens (tertiary/aromatic N) is 1. The van der Waals surface area contributed by atoms with Gasteiger partial charge in [-0.3, -0.25) is 9.69 Å². The summed E-state index contributed by atoms with van der Waals surface area (Å²) in [5.41, 5.74) is -0.337.